The van der Waals surface area contributed by atoms with Gasteiger partial charge in [0, 0.05) is 13.0 Å². The maximum Gasteiger partial charge on any atom is 0.227 e. The Hall–Kier alpha value is -1.64. The highest BCUT2D eigenvalue weighted by atomic mass is 16.2. The van der Waals surface area contributed by atoms with Gasteiger partial charge in [0.2, 0.25) is 5.91 Å². The van der Waals surface area contributed by atoms with E-state index in [-0.39, 0.29) is 18.2 Å². The summed E-state index contributed by atoms with van der Waals surface area (Å²) in [4.78, 5) is 22.2. The van der Waals surface area contributed by atoms with Crippen molar-refractivity contribution >= 4 is 12.2 Å². The van der Waals surface area contributed by atoms with Gasteiger partial charge in [-0.2, -0.15) is 0 Å². The van der Waals surface area contributed by atoms with E-state index in [0.717, 1.165) is 11.8 Å². The monoisotopic (exact) mass is 205 g/mol. The molecular weight excluding hydrogens is 190 g/mol. The molecule has 1 unspecified atom stereocenters. The molecule has 0 bridgehead atoms. The van der Waals surface area contributed by atoms with E-state index in [1.165, 1.54) is 0 Å². The van der Waals surface area contributed by atoms with Crippen molar-refractivity contribution in [2.24, 2.45) is 0 Å². The third-order valence-corrected chi connectivity index (χ3v) is 2.20. The smallest absolute Gasteiger partial charge is 0.227 e. The molecule has 1 rings (SSSR count). The predicted octanol–water partition coefficient (Wildman–Crippen LogP) is 1.50. The average Bonchev–Trinajstić information content (AvgIpc) is 2.27. The first-order valence-electron chi connectivity index (χ1n) is 5.06. The van der Waals surface area contributed by atoms with Crippen molar-refractivity contribution in [1.82, 2.24) is 5.32 Å². The summed E-state index contributed by atoms with van der Waals surface area (Å²) in [6.07, 6.45) is 1.02. The van der Waals surface area contributed by atoms with Crippen LogP contribution in [0.3, 0.4) is 0 Å². The summed E-state index contributed by atoms with van der Waals surface area (Å²) in [6, 6.07) is 9.35. The van der Waals surface area contributed by atoms with E-state index < -0.39 is 0 Å². The van der Waals surface area contributed by atoms with E-state index in [1.54, 1.807) is 0 Å². The van der Waals surface area contributed by atoms with Crippen LogP contribution in [0.2, 0.25) is 0 Å². The molecule has 0 spiro atoms. The van der Waals surface area contributed by atoms with Crippen LogP contribution in [0.4, 0.5) is 0 Å². The van der Waals surface area contributed by atoms with Gasteiger partial charge in [-0.15, -0.1) is 0 Å². The summed E-state index contributed by atoms with van der Waals surface area (Å²) in [7, 11) is 0. The first-order chi connectivity index (χ1) is 7.29. The maximum absolute atomic E-state index is 11.7. The fraction of sp³-hybridized carbons (Fsp3) is 0.333. The van der Waals surface area contributed by atoms with Crippen LogP contribution in [0, 0.1) is 0 Å². The highest BCUT2D eigenvalue weighted by Crippen LogP contribution is 2.18. The van der Waals surface area contributed by atoms with Gasteiger partial charge in [-0.05, 0) is 12.5 Å². The first kappa shape index (κ1) is 11.4. The van der Waals surface area contributed by atoms with Crippen LogP contribution in [0.15, 0.2) is 30.3 Å². The molecular formula is C12H15NO2. The van der Waals surface area contributed by atoms with Crippen molar-refractivity contribution in [3.8, 4) is 0 Å². The Bertz CT molecular complexity index is 322. The molecule has 0 aromatic heterocycles. The van der Waals surface area contributed by atoms with Crippen LogP contribution in [-0.4, -0.2) is 18.7 Å². The Morgan fingerprint density at radius 1 is 1.40 bits per heavy atom. The average molecular weight is 205 g/mol. The zero-order valence-electron chi connectivity index (χ0n) is 8.77. The molecule has 0 saturated carbocycles. The molecule has 1 amide bonds. The standard InChI is InChI=1S/C12H15NO2/c1-2-13-12(15)11(8-9-14)10-6-4-3-5-7-10/h3-7,9,11H,2,8H2,1H3,(H,13,15). The molecule has 0 radical (unpaired) electrons. The van der Waals surface area contributed by atoms with Gasteiger partial charge < -0.3 is 10.1 Å². The molecule has 3 nitrogen and oxygen atoms in total. The third-order valence-electron chi connectivity index (χ3n) is 2.20. The molecule has 0 aliphatic rings. The van der Waals surface area contributed by atoms with Crippen LogP contribution < -0.4 is 5.32 Å². The van der Waals surface area contributed by atoms with E-state index in [1.807, 2.05) is 37.3 Å². The second kappa shape index (κ2) is 5.96. The SMILES string of the molecule is CCNC(=O)C(CC=O)c1ccccc1. The number of hydrogen-bond donors (Lipinski definition) is 1. The quantitative estimate of drug-likeness (QED) is 0.740. The lowest BCUT2D eigenvalue weighted by Gasteiger charge is -2.13. The van der Waals surface area contributed by atoms with Crippen molar-refractivity contribution in [3.05, 3.63) is 35.9 Å². The minimum Gasteiger partial charge on any atom is -0.356 e. The van der Waals surface area contributed by atoms with Gasteiger partial charge in [-0.3, -0.25) is 4.79 Å². The lowest BCUT2D eigenvalue weighted by molar-refractivity contribution is -0.124. The van der Waals surface area contributed by atoms with E-state index in [2.05, 4.69) is 5.32 Å². The molecule has 0 fully saturated rings. The lowest BCUT2D eigenvalue weighted by atomic mass is 9.95. The van der Waals surface area contributed by atoms with E-state index >= 15 is 0 Å². The summed E-state index contributed by atoms with van der Waals surface area (Å²) in [5, 5.41) is 2.73. The molecule has 1 aromatic rings. The first-order valence-corrected chi connectivity index (χ1v) is 5.06. The number of nitrogens with one attached hydrogen (secondary N) is 1. The van der Waals surface area contributed by atoms with Crippen molar-refractivity contribution in [3.63, 3.8) is 0 Å². The molecule has 1 aromatic carbocycles. The number of aldehydes is 1. The fourth-order valence-corrected chi connectivity index (χ4v) is 1.47. The van der Waals surface area contributed by atoms with Crippen molar-refractivity contribution in [2.45, 2.75) is 19.3 Å². The number of hydrogen-bond acceptors (Lipinski definition) is 2. The van der Waals surface area contributed by atoms with Gasteiger partial charge in [-0.25, -0.2) is 0 Å². The van der Waals surface area contributed by atoms with Gasteiger partial charge in [-0.1, -0.05) is 30.3 Å². The normalized spacial score (nSPS) is 11.8. The highest BCUT2D eigenvalue weighted by Gasteiger charge is 2.18. The van der Waals surface area contributed by atoms with Crippen LogP contribution in [-0.2, 0) is 9.59 Å². The lowest BCUT2D eigenvalue weighted by Crippen LogP contribution is -2.29. The van der Waals surface area contributed by atoms with E-state index in [4.69, 9.17) is 0 Å². The number of benzene rings is 1. The molecule has 1 atom stereocenters. The summed E-state index contributed by atoms with van der Waals surface area (Å²) < 4.78 is 0. The molecule has 15 heavy (non-hydrogen) atoms. The van der Waals surface area contributed by atoms with Gasteiger partial charge in [0.15, 0.2) is 0 Å². The summed E-state index contributed by atoms with van der Waals surface area (Å²) in [5.74, 6) is -0.445. The van der Waals surface area contributed by atoms with Crippen LogP contribution in [0.1, 0.15) is 24.8 Å². The molecule has 0 aliphatic heterocycles. The number of likely N-dealkylation sites (N-methyl/N-ethyl adjacent to an activating group) is 1. The Kier molecular flexibility index (Phi) is 4.54. The summed E-state index contributed by atoms with van der Waals surface area (Å²) in [5.41, 5.74) is 0.885. The highest BCUT2D eigenvalue weighted by molar-refractivity contribution is 5.85. The maximum atomic E-state index is 11.7. The Morgan fingerprint density at radius 2 is 2.07 bits per heavy atom. The number of amides is 1. The van der Waals surface area contributed by atoms with Crippen molar-refractivity contribution in [1.29, 1.82) is 0 Å². The van der Waals surface area contributed by atoms with Gasteiger partial charge in [0.1, 0.15) is 6.29 Å². The van der Waals surface area contributed by atoms with Crippen molar-refractivity contribution in [2.75, 3.05) is 6.54 Å². The predicted molar refractivity (Wildman–Crippen MR) is 58.5 cm³/mol. The molecule has 3 heteroatoms. The van der Waals surface area contributed by atoms with Crippen LogP contribution in [0.5, 0.6) is 0 Å². The fourth-order valence-electron chi connectivity index (χ4n) is 1.47. The van der Waals surface area contributed by atoms with Gasteiger partial charge in [0.25, 0.3) is 0 Å². The number of carbonyl (C=O) groups is 2. The Balaban J connectivity index is 2.82. The van der Waals surface area contributed by atoms with Gasteiger partial charge in [0.05, 0.1) is 5.92 Å². The summed E-state index contributed by atoms with van der Waals surface area (Å²) >= 11 is 0. The van der Waals surface area contributed by atoms with Crippen molar-refractivity contribution < 1.29 is 9.59 Å². The molecule has 1 N–H and O–H groups in total. The second-order valence-electron chi connectivity index (χ2n) is 3.26. The van der Waals surface area contributed by atoms with Crippen LogP contribution in [0.25, 0.3) is 0 Å². The Labute approximate surface area is 89.5 Å². The second-order valence-corrected chi connectivity index (χ2v) is 3.26. The molecule has 80 valence electrons. The minimum absolute atomic E-state index is 0.0872. The zero-order chi connectivity index (χ0) is 11.1. The van der Waals surface area contributed by atoms with Crippen LogP contribution >= 0.6 is 0 Å². The number of carbonyl (C=O) groups excluding carboxylic acids is 2. The Morgan fingerprint density at radius 3 is 2.60 bits per heavy atom. The molecule has 0 aliphatic carbocycles. The summed E-state index contributed by atoms with van der Waals surface area (Å²) in [6.45, 7) is 2.45. The minimum atomic E-state index is -0.358. The van der Waals surface area contributed by atoms with Gasteiger partial charge >= 0.3 is 0 Å². The zero-order valence-corrected chi connectivity index (χ0v) is 8.77. The molecule has 0 saturated heterocycles. The van der Waals surface area contributed by atoms with E-state index in [9.17, 15) is 9.59 Å². The molecule has 0 heterocycles. The largest absolute Gasteiger partial charge is 0.356 e. The number of rotatable bonds is 5. The van der Waals surface area contributed by atoms with E-state index in [0.29, 0.717) is 6.54 Å². The topological polar surface area (TPSA) is 46.2 Å². The third kappa shape index (κ3) is 3.20.